The van der Waals surface area contributed by atoms with Gasteiger partial charge in [-0.2, -0.15) is 0 Å². The fourth-order valence-electron chi connectivity index (χ4n) is 6.63. The van der Waals surface area contributed by atoms with Crippen molar-refractivity contribution in [2.45, 2.75) is 88.5 Å². The Hall–Kier alpha value is -2.84. The molecule has 0 radical (unpaired) electrons. The van der Waals surface area contributed by atoms with Gasteiger partial charge in [0.2, 0.25) is 11.8 Å². The monoisotopic (exact) mass is 534 g/mol. The normalized spacial score (nSPS) is 30.0. The molecule has 1 aromatic rings. The predicted molar refractivity (Wildman–Crippen MR) is 150 cm³/mol. The zero-order valence-corrected chi connectivity index (χ0v) is 23.2. The van der Waals surface area contributed by atoms with E-state index in [1.54, 1.807) is 7.11 Å². The molecule has 1 aliphatic carbocycles. The second kappa shape index (κ2) is 11.3. The molecule has 4 N–H and O–H groups in total. The Morgan fingerprint density at radius 3 is 2.49 bits per heavy atom. The zero-order chi connectivity index (χ0) is 26.9. The largest absolute Gasteiger partial charge is 0.384 e. The Labute approximate surface area is 231 Å². The van der Waals surface area contributed by atoms with Crippen LogP contribution >= 0.6 is 0 Å². The number of amides is 2. The highest BCUT2D eigenvalue weighted by molar-refractivity contribution is 5.97. The Morgan fingerprint density at radius 2 is 1.74 bits per heavy atom. The second-order valence-electron chi connectivity index (χ2n) is 12.0. The van der Waals surface area contributed by atoms with E-state index in [4.69, 9.17) is 9.47 Å². The first kappa shape index (κ1) is 26.4. The highest BCUT2D eigenvalue weighted by atomic mass is 16.6. The second-order valence-corrected chi connectivity index (χ2v) is 12.0. The summed E-state index contributed by atoms with van der Waals surface area (Å²) in [5.41, 5.74) is 7.80. The van der Waals surface area contributed by atoms with Crippen molar-refractivity contribution in [3.63, 3.8) is 0 Å². The van der Waals surface area contributed by atoms with Crippen LogP contribution < -0.4 is 21.3 Å². The van der Waals surface area contributed by atoms with Gasteiger partial charge >= 0.3 is 0 Å². The van der Waals surface area contributed by atoms with E-state index in [-0.39, 0.29) is 29.8 Å². The molecule has 2 saturated heterocycles. The van der Waals surface area contributed by atoms with Gasteiger partial charge in [0.05, 0.1) is 18.8 Å². The number of anilines is 1. The molecule has 6 rings (SSSR count). The van der Waals surface area contributed by atoms with E-state index in [1.807, 2.05) is 0 Å². The fraction of sp³-hybridized carbons (Fsp3) is 0.613. The molecule has 39 heavy (non-hydrogen) atoms. The summed E-state index contributed by atoms with van der Waals surface area (Å²) in [5.74, 6) is 0.357. The van der Waals surface area contributed by atoms with Crippen LogP contribution in [-0.4, -0.2) is 62.9 Å². The summed E-state index contributed by atoms with van der Waals surface area (Å²) in [4.78, 5) is 26.2. The van der Waals surface area contributed by atoms with Gasteiger partial charge in [-0.25, -0.2) is 0 Å². The minimum absolute atomic E-state index is 0.0573. The van der Waals surface area contributed by atoms with Crippen molar-refractivity contribution in [2.75, 3.05) is 32.1 Å². The number of aryl methyl sites for hydroxylation is 1. The van der Waals surface area contributed by atoms with Gasteiger partial charge in [0, 0.05) is 43.4 Å². The minimum atomic E-state index is -0.496. The lowest BCUT2D eigenvalue weighted by molar-refractivity contribution is -0.137. The summed E-state index contributed by atoms with van der Waals surface area (Å²) in [6, 6.07) is 5.64. The highest BCUT2D eigenvalue weighted by Gasteiger charge is 2.39. The summed E-state index contributed by atoms with van der Waals surface area (Å²) in [6.45, 7) is 4.62. The van der Waals surface area contributed by atoms with Gasteiger partial charge in [-0.1, -0.05) is 17.7 Å². The van der Waals surface area contributed by atoms with E-state index in [0.717, 1.165) is 63.9 Å². The third-order valence-corrected chi connectivity index (χ3v) is 9.28. The molecule has 5 aliphatic rings. The summed E-state index contributed by atoms with van der Waals surface area (Å²) in [5, 5.41) is 13.2. The van der Waals surface area contributed by atoms with Crippen LogP contribution in [0.1, 0.15) is 68.9 Å². The summed E-state index contributed by atoms with van der Waals surface area (Å²) >= 11 is 0. The number of hydrogen-bond donors (Lipinski definition) is 4. The number of hydrogen-bond acceptors (Lipinski definition) is 6. The number of methoxy groups -OCH3 is 1. The van der Waals surface area contributed by atoms with Gasteiger partial charge in [0.25, 0.3) is 0 Å². The first-order valence-electron chi connectivity index (χ1n) is 14.7. The molecular formula is C31H42N4O4. The molecular weight excluding hydrogens is 492 g/mol. The van der Waals surface area contributed by atoms with E-state index in [9.17, 15) is 9.59 Å². The van der Waals surface area contributed by atoms with Crippen molar-refractivity contribution in [1.29, 1.82) is 0 Å². The van der Waals surface area contributed by atoms with Crippen LogP contribution in [0.25, 0.3) is 0 Å². The van der Waals surface area contributed by atoms with Crippen molar-refractivity contribution in [3.05, 3.63) is 52.2 Å². The van der Waals surface area contributed by atoms with Gasteiger partial charge in [0.15, 0.2) is 0 Å². The summed E-state index contributed by atoms with van der Waals surface area (Å²) in [7, 11) is 1.76. The predicted octanol–water partition coefficient (Wildman–Crippen LogP) is 3.30. The van der Waals surface area contributed by atoms with Gasteiger partial charge < -0.3 is 30.7 Å². The highest BCUT2D eigenvalue weighted by Crippen LogP contribution is 2.38. The zero-order valence-electron chi connectivity index (χ0n) is 23.2. The smallest absolute Gasteiger partial charge is 0.243 e. The van der Waals surface area contributed by atoms with Crippen LogP contribution in [0.4, 0.5) is 5.69 Å². The molecule has 2 amide bonds. The van der Waals surface area contributed by atoms with Gasteiger partial charge in [-0.3, -0.25) is 9.59 Å². The quantitative estimate of drug-likeness (QED) is 0.325. The lowest BCUT2D eigenvalue weighted by Crippen LogP contribution is -2.62. The average Bonchev–Trinajstić information content (AvgIpc) is 3.58. The Morgan fingerprint density at radius 1 is 1.00 bits per heavy atom. The lowest BCUT2D eigenvalue weighted by atomic mass is 9.84. The number of carbonyl (C=O) groups is 2. The number of rotatable bonds is 11. The van der Waals surface area contributed by atoms with Crippen LogP contribution in [0.3, 0.4) is 0 Å². The number of benzene rings is 1. The van der Waals surface area contributed by atoms with Crippen LogP contribution in [-0.2, 0) is 25.5 Å². The van der Waals surface area contributed by atoms with Gasteiger partial charge in [0.1, 0.15) is 12.1 Å². The van der Waals surface area contributed by atoms with E-state index < -0.39 is 12.1 Å². The van der Waals surface area contributed by atoms with Gasteiger partial charge in [-0.15, -0.1) is 0 Å². The molecule has 6 atom stereocenters. The number of epoxide rings is 1. The van der Waals surface area contributed by atoms with Crippen LogP contribution in [0.2, 0.25) is 0 Å². The third-order valence-electron chi connectivity index (χ3n) is 9.28. The molecule has 0 aromatic heterocycles. The third kappa shape index (κ3) is 6.02. The Balaban J connectivity index is 1.02. The Bertz CT molecular complexity index is 1170. The molecule has 210 valence electrons. The van der Waals surface area contributed by atoms with E-state index in [1.165, 1.54) is 28.0 Å². The lowest BCUT2D eigenvalue weighted by Gasteiger charge is -2.32. The molecule has 1 aromatic carbocycles. The fourth-order valence-corrected chi connectivity index (χ4v) is 6.63. The molecule has 6 unspecified atom stereocenters. The topological polar surface area (TPSA) is 104 Å². The number of piperazine rings is 1. The molecule has 0 spiro atoms. The average molecular weight is 535 g/mol. The molecule has 0 bridgehead atoms. The molecule has 2 fully saturated rings. The van der Waals surface area contributed by atoms with Crippen molar-refractivity contribution in [1.82, 2.24) is 16.0 Å². The van der Waals surface area contributed by atoms with Crippen LogP contribution in [0, 0.1) is 5.92 Å². The molecule has 4 heterocycles. The standard InChI is InChI=1S/C31H42N4O4/c1-18(38-2)3-4-19-6-9-24-21(15-32-26(24)11-19)13-28-30(36)35-29(31(37)34-28)14-22-16-33-27-12-20(7-10-25(22)27)5-8-23-17-39-23/h7,10-12,18,21-23,28-29,32-33H,3-6,8-9,13-17H2,1-2H3,(H,34,37)(H,35,36). The number of ether oxygens (including phenoxy) is 2. The van der Waals surface area contributed by atoms with E-state index in [0.29, 0.717) is 18.9 Å². The number of allylic oxidation sites excluding steroid dienone is 2. The van der Waals surface area contributed by atoms with E-state index in [2.05, 4.69) is 52.5 Å². The van der Waals surface area contributed by atoms with Crippen molar-refractivity contribution < 1.29 is 19.1 Å². The maximum absolute atomic E-state index is 13.1. The SMILES string of the molecule is COC(C)CCC1=CC2=C(CC1)C(CC1NC(=O)C(CC3CNc4cc(CCC5CO5)ccc43)NC1=O)CN2. The molecule has 0 saturated carbocycles. The summed E-state index contributed by atoms with van der Waals surface area (Å²) < 4.78 is 10.7. The molecule has 4 aliphatic heterocycles. The Kier molecular flexibility index (Phi) is 7.67. The van der Waals surface area contributed by atoms with Crippen LogP contribution in [0.15, 0.2) is 41.1 Å². The summed E-state index contributed by atoms with van der Waals surface area (Å²) in [6.07, 6.45) is 10.5. The minimum Gasteiger partial charge on any atom is -0.384 e. The van der Waals surface area contributed by atoms with Crippen molar-refractivity contribution in [2.24, 2.45) is 5.92 Å². The van der Waals surface area contributed by atoms with E-state index >= 15 is 0 Å². The number of nitrogens with one attached hydrogen (secondary N) is 4. The first-order valence-corrected chi connectivity index (χ1v) is 14.7. The maximum Gasteiger partial charge on any atom is 0.243 e. The van der Waals surface area contributed by atoms with Crippen molar-refractivity contribution >= 4 is 17.5 Å². The van der Waals surface area contributed by atoms with Crippen molar-refractivity contribution in [3.8, 4) is 0 Å². The molecule has 8 nitrogen and oxygen atoms in total. The molecule has 8 heteroatoms. The maximum atomic E-state index is 13.1. The van der Waals surface area contributed by atoms with Crippen LogP contribution in [0.5, 0.6) is 0 Å². The number of carbonyl (C=O) groups excluding carboxylic acids is 2. The number of fused-ring (bicyclic) bond motifs is 1. The first-order chi connectivity index (χ1) is 19.0. The van der Waals surface area contributed by atoms with Gasteiger partial charge in [-0.05, 0) is 87.1 Å².